The van der Waals surface area contributed by atoms with Crippen LogP contribution < -0.4 is 10.1 Å². The summed E-state index contributed by atoms with van der Waals surface area (Å²) in [5.41, 5.74) is 0.752. The largest absolute Gasteiger partial charge is 0.436 e. The highest BCUT2D eigenvalue weighted by molar-refractivity contribution is 9.10. The monoisotopic (exact) mass is 311 g/mol. The fourth-order valence-electron chi connectivity index (χ4n) is 1.37. The van der Waals surface area contributed by atoms with E-state index in [2.05, 4.69) is 31.2 Å². The molecule has 6 heteroatoms. The molecule has 0 amide bonds. The molecular formula is C12H11BrFN3O. The van der Waals surface area contributed by atoms with Crippen LogP contribution in [-0.4, -0.2) is 17.0 Å². The number of aromatic nitrogens is 2. The maximum absolute atomic E-state index is 13.1. The van der Waals surface area contributed by atoms with Crippen molar-refractivity contribution in [2.45, 2.75) is 6.54 Å². The van der Waals surface area contributed by atoms with Crippen LogP contribution in [0.4, 0.5) is 4.39 Å². The van der Waals surface area contributed by atoms with E-state index in [-0.39, 0.29) is 5.82 Å². The zero-order valence-corrected chi connectivity index (χ0v) is 11.2. The van der Waals surface area contributed by atoms with Crippen molar-refractivity contribution in [2.24, 2.45) is 0 Å². The number of rotatable bonds is 4. The Bertz CT molecular complexity index is 551. The summed E-state index contributed by atoms with van der Waals surface area (Å²) in [4.78, 5) is 8.25. The van der Waals surface area contributed by atoms with E-state index in [9.17, 15) is 4.39 Å². The second-order valence-electron chi connectivity index (χ2n) is 3.56. The molecule has 0 unspecified atom stereocenters. The lowest BCUT2D eigenvalue weighted by atomic mass is 10.3. The Balaban J connectivity index is 2.22. The molecule has 94 valence electrons. The molecule has 0 bridgehead atoms. The van der Waals surface area contributed by atoms with E-state index in [1.807, 2.05) is 7.05 Å². The smallest absolute Gasteiger partial charge is 0.238 e. The topological polar surface area (TPSA) is 47.0 Å². The third-order valence-electron chi connectivity index (χ3n) is 2.13. The van der Waals surface area contributed by atoms with Crippen molar-refractivity contribution in [3.8, 4) is 11.6 Å². The fourth-order valence-corrected chi connectivity index (χ4v) is 1.70. The molecule has 1 N–H and O–H groups in total. The van der Waals surface area contributed by atoms with Crippen LogP contribution >= 0.6 is 15.9 Å². The average Bonchev–Trinajstić information content (AvgIpc) is 2.35. The molecule has 0 aliphatic carbocycles. The molecule has 0 atom stereocenters. The number of nitrogens with one attached hydrogen (secondary N) is 1. The molecule has 4 nitrogen and oxygen atoms in total. The lowest BCUT2D eigenvalue weighted by Gasteiger charge is -2.07. The van der Waals surface area contributed by atoms with Gasteiger partial charge in [0.25, 0.3) is 0 Å². The van der Waals surface area contributed by atoms with Crippen molar-refractivity contribution in [3.63, 3.8) is 0 Å². The molecule has 0 saturated carbocycles. The molecule has 2 aromatic rings. The van der Waals surface area contributed by atoms with Crippen LogP contribution in [0.15, 0.2) is 35.1 Å². The Morgan fingerprint density at radius 3 is 3.00 bits per heavy atom. The molecule has 1 aromatic carbocycles. The minimum Gasteiger partial charge on any atom is -0.436 e. The molecule has 0 fully saturated rings. The Morgan fingerprint density at radius 2 is 2.22 bits per heavy atom. The van der Waals surface area contributed by atoms with Gasteiger partial charge in [-0.25, -0.2) is 9.37 Å². The Morgan fingerprint density at radius 1 is 1.39 bits per heavy atom. The van der Waals surface area contributed by atoms with Gasteiger partial charge in [-0.05, 0) is 35.1 Å². The van der Waals surface area contributed by atoms with Gasteiger partial charge in [0.15, 0.2) is 0 Å². The predicted molar refractivity (Wildman–Crippen MR) is 69.0 cm³/mol. The molecule has 2 rings (SSSR count). The van der Waals surface area contributed by atoms with Crippen LogP contribution in [0.3, 0.4) is 0 Å². The summed E-state index contributed by atoms with van der Waals surface area (Å²) < 4.78 is 19.2. The van der Waals surface area contributed by atoms with Gasteiger partial charge in [0.05, 0.1) is 16.4 Å². The lowest BCUT2D eigenvalue weighted by molar-refractivity contribution is 0.449. The third-order valence-corrected chi connectivity index (χ3v) is 2.78. The zero-order valence-electron chi connectivity index (χ0n) is 9.65. The summed E-state index contributed by atoms with van der Waals surface area (Å²) in [7, 11) is 1.82. The van der Waals surface area contributed by atoms with Gasteiger partial charge in [-0.1, -0.05) is 0 Å². The van der Waals surface area contributed by atoms with Gasteiger partial charge in [-0.3, -0.25) is 4.98 Å². The molecule has 18 heavy (non-hydrogen) atoms. The second kappa shape index (κ2) is 5.88. The minimum atomic E-state index is -0.368. The van der Waals surface area contributed by atoms with Crippen LogP contribution in [0.1, 0.15) is 5.69 Å². The minimum absolute atomic E-state index is 0.328. The van der Waals surface area contributed by atoms with E-state index in [0.29, 0.717) is 22.6 Å². The van der Waals surface area contributed by atoms with Crippen LogP contribution in [-0.2, 0) is 6.54 Å². The first-order valence-electron chi connectivity index (χ1n) is 5.27. The van der Waals surface area contributed by atoms with Crippen LogP contribution in [0, 0.1) is 5.82 Å². The van der Waals surface area contributed by atoms with E-state index in [4.69, 9.17) is 4.74 Å². The first-order chi connectivity index (χ1) is 8.69. The highest BCUT2D eigenvalue weighted by Gasteiger charge is 2.06. The summed E-state index contributed by atoms with van der Waals surface area (Å²) in [6.45, 7) is 0.592. The second-order valence-corrected chi connectivity index (χ2v) is 4.41. The SMILES string of the molecule is CNCc1cncc(Oc2cc(F)ccc2Br)n1. The quantitative estimate of drug-likeness (QED) is 0.943. The molecule has 0 radical (unpaired) electrons. The average molecular weight is 312 g/mol. The van der Waals surface area contributed by atoms with Crippen LogP contribution in [0.2, 0.25) is 0 Å². The molecule has 1 heterocycles. The summed E-state index contributed by atoms with van der Waals surface area (Å²) in [5.74, 6) is 0.326. The molecule has 1 aromatic heterocycles. The van der Waals surface area contributed by atoms with E-state index in [0.717, 1.165) is 5.69 Å². The van der Waals surface area contributed by atoms with Gasteiger partial charge < -0.3 is 10.1 Å². The highest BCUT2D eigenvalue weighted by Crippen LogP contribution is 2.29. The lowest BCUT2D eigenvalue weighted by Crippen LogP contribution is -2.07. The van der Waals surface area contributed by atoms with Crippen molar-refractivity contribution in [2.75, 3.05) is 7.05 Å². The Labute approximate surface area is 112 Å². The predicted octanol–water partition coefficient (Wildman–Crippen LogP) is 2.89. The van der Waals surface area contributed by atoms with Gasteiger partial charge in [0.1, 0.15) is 11.6 Å². The summed E-state index contributed by atoms with van der Waals surface area (Å²) in [6, 6.07) is 4.21. The standard InChI is InChI=1S/C12H11BrFN3O/c1-15-5-9-6-16-7-12(17-9)18-11-4-8(14)2-3-10(11)13/h2-4,6-7,15H,5H2,1H3. The zero-order chi connectivity index (χ0) is 13.0. The van der Waals surface area contributed by atoms with Crippen LogP contribution in [0.25, 0.3) is 0 Å². The van der Waals surface area contributed by atoms with E-state index < -0.39 is 0 Å². The summed E-state index contributed by atoms with van der Waals surface area (Å²) in [5, 5.41) is 2.97. The van der Waals surface area contributed by atoms with Crippen molar-refractivity contribution >= 4 is 15.9 Å². The molecule has 0 aliphatic rings. The summed E-state index contributed by atoms with van der Waals surface area (Å²) >= 11 is 3.28. The molecule has 0 aliphatic heterocycles. The molecular weight excluding hydrogens is 301 g/mol. The van der Waals surface area contributed by atoms with E-state index in [1.165, 1.54) is 18.3 Å². The Kier molecular flexibility index (Phi) is 4.22. The number of hydrogen-bond acceptors (Lipinski definition) is 4. The fraction of sp³-hybridized carbons (Fsp3) is 0.167. The first-order valence-corrected chi connectivity index (χ1v) is 6.07. The van der Waals surface area contributed by atoms with E-state index in [1.54, 1.807) is 12.3 Å². The van der Waals surface area contributed by atoms with Gasteiger partial charge in [0, 0.05) is 18.8 Å². The van der Waals surface area contributed by atoms with Crippen molar-refractivity contribution in [1.82, 2.24) is 15.3 Å². The number of nitrogens with zero attached hydrogens (tertiary/aromatic N) is 2. The van der Waals surface area contributed by atoms with Crippen LogP contribution in [0.5, 0.6) is 11.6 Å². The van der Waals surface area contributed by atoms with Gasteiger partial charge in [0.2, 0.25) is 5.88 Å². The maximum Gasteiger partial charge on any atom is 0.238 e. The van der Waals surface area contributed by atoms with Crippen molar-refractivity contribution < 1.29 is 9.13 Å². The highest BCUT2D eigenvalue weighted by atomic mass is 79.9. The Hall–Kier alpha value is -1.53. The number of ether oxygens (including phenoxy) is 1. The van der Waals surface area contributed by atoms with Gasteiger partial charge >= 0.3 is 0 Å². The van der Waals surface area contributed by atoms with Crippen molar-refractivity contribution in [3.05, 3.63) is 46.6 Å². The van der Waals surface area contributed by atoms with Gasteiger partial charge in [-0.2, -0.15) is 0 Å². The normalized spacial score (nSPS) is 10.4. The number of benzene rings is 1. The third kappa shape index (κ3) is 3.24. The van der Waals surface area contributed by atoms with Gasteiger partial charge in [-0.15, -0.1) is 0 Å². The number of hydrogen-bond donors (Lipinski definition) is 1. The maximum atomic E-state index is 13.1. The molecule has 0 spiro atoms. The number of halogens is 2. The molecule has 0 saturated heterocycles. The first kappa shape index (κ1) is 12.9. The summed E-state index contributed by atoms with van der Waals surface area (Å²) in [6.07, 6.45) is 3.13. The van der Waals surface area contributed by atoms with Crippen molar-refractivity contribution in [1.29, 1.82) is 0 Å². The van der Waals surface area contributed by atoms with E-state index >= 15 is 0 Å².